The zero-order valence-electron chi connectivity index (χ0n) is 17.2. The molecule has 0 bridgehead atoms. The Morgan fingerprint density at radius 3 is 1.91 bits per heavy atom. The smallest absolute Gasteiger partial charge is 0.270 e. The molecule has 1 heterocycles. The van der Waals surface area contributed by atoms with Gasteiger partial charge in [-0.3, -0.25) is 19.4 Å². The van der Waals surface area contributed by atoms with E-state index < -0.39 is 11.8 Å². The van der Waals surface area contributed by atoms with Gasteiger partial charge in [0.25, 0.3) is 11.8 Å². The fourth-order valence-electron chi connectivity index (χ4n) is 3.41. The summed E-state index contributed by atoms with van der Waals surface area (Å²) < 4.78 is 5.67. The molecule has 0 spiro atoms. The number of halogens is 1. The van der Waals surface area contributed by atoms with Crippen molar-refractivity contribution >= 4 is 58.2 Å². The van der Waals surface area contributed by atoms with Gasteiger partial charge < -0.3 is 4.74 Å². The number of benzene rings is 3. The molecule has 0 aromatic heterocycles. The Labute approximate surface area is 196 Å². The largest absolute Gasteiger partial charge is 0.493 e. The van der Waals surface area contributed by atoms with Gasteiger partial charge in [0, 0.05) is 10.6 Å². The van der Waals surface area contributed by atoms with E-state index in [1.54, 1.807) is 42.5 Å². The first-order chi connectivity index (χ1) is 15.5. The van der Waals surface area contributed by atoms with E-state index in [0.29, 0.717) is 34.3 Å². The molecule has 3 aromatic rings. The molecule has 4 rings (SSSR count). The summed E-state index contributed by atoms with van der Waals surface area (Å²) in [5.41, 5.74) is 1.62. The summed E-state index contributed by atoms with van der Waals surface area (Å²) >= 11 is 11.8. The van der Waals surface area contributed by atoms with Gasteiger partial charge in [-0.1, -0.05) is 48.0 Å². The van der Waals surface area contributed by atoms with Crippen LogP contribution in [0.15, 0.2) is 84.4 Å². The first-order valence-electron chi connectivity index (χ1n) is 9.98. The van der Waals surface area contributed by atoms with Crippen molar-refractivity contribution in [2.75, 3.05) is 16.4 Å². The van der Waals surface area contributed by atoms with Crippen LogP contribution in [0.1, 0.15) is 12.5 Å². The van der Waals surface area contributed by atoms with Crippen molar-refractivity contribution in [3.63, 3.8) is 0 Å². The van der Waals surface area contributed by atoms with Gasteiger partial charge in [0.1, 0.15) is 11.3 Å². The predicted octanol–water partition coefficient (Wildman–Crippen LogP) is 5.49. The second-order valence-electron chi connectivity index (χ2n) is 6.91. The lowest BCUT2D eigenvalue weighted by Gasteiger charge is -2.36. The lowest BCUT2D eigenvalue weighted by Crippen LogP contribution is -2.56. The fourth-order valence-corrected chi connectivity index (χ4v) is 3.97. The minimum absolute atomic E-state index is 0.0467. The van der Waals surface area contributed by atoms with Crippen molar-refractivity contribution in [2.45, 2.75) is 6.92 Å². The number of hydrogen-bond donors (Lipinski definition) is 0. The standard InChI is InChI=1S/C25H19ClN2O3S/c1-2-31-22-14-13-18(26)15-17(22)16-21-23(29)27(19-9-5-3-6-10-19)25(32)28(24(21)30)20-11-7-4-8-12-20/h3-16H,2H2,1H3. The molecular formula is C25H19ClN2O3S. The van der Waals surface area contributed by atoms with Crippen LogP contribution in [0, 0.1) is 0 Å². The average molecular weight is 463 g/mol. The summed E-state index contributed by atoms with van der Waals surface area (Å²) in [6, 6.07) is 23.1. The van der Waals surface area contributed by atoms with E-state index >= 15 is 0 Å². The van der Waals surface area contributed by atoms with Crippen molar-refractivity contribution in [1.29, 1.82) is 0 Å². The molecular weight excluding hydrogens is 444 g/mol. The average Bonchev–Trinajstić information content (AvgIpc) is 2.80. The third-order valence-electron chi connectivity index (χ3n) is 4.85. The van der Waals surface area contributed by atoms with Gasteiger partial charge in [0.15, 0.2) is 5.11 Å². The number of para-hydroxylation sites is 2. The number of carbonyl (C=O) groups excluding carboxylic acids is 2. The van der Waals surface area contributed by atoms with Gasteiger partial charge in [-0.2, -0.15) is 0 Å². The van der Waals surface area contributed by atoms with Crippen molar-refractivity contribution in [3.05, 3.63) is 95.0 Å². The second kappa shape index (κ2) is 9.34. The third-order valence-corrected chi connectivity index (χ3v) is 5.45. The zero-order chi connectivity index (χ0) is 22.7. The molecule has 0 atom stereocenters. The van der Waals surface area contributed by atoms with Crippen molar-refractivity contribution < 1.29 is 14.3 Å². The second-order valence-corrected chi connectivity index (χ2v) is 7.71. The molecule has 160 valence electrons. The summed E-state index contributed by atoms with van der Waals surface area (Å²) in [4.78, 5) is 29.8. The van der Waals surface area contributed by atoms with Gasteiger partial charge >= 0.3 is 0 Å². The van der Waals surface area contributed by atoms with Crippen molar-refractivity contribution in [2.24, 2.45) is 0 Å². The first kappa shape index (κ1) is 21.7. The first-order valence-corrected chi connectivity index (χ1v) is 10.8. The molecule has 1 aliphatic heterocycles. The molecule has 0 N–H and O–H groups in total. The van der Waals surface area contributed by atoms with Gasteiger partial charge in [-0.05, 0) is 67.7 Å². The van der Waals surface area contributed by atoms with E-state index in [9.17, 15) is 9.59 Å². The lowest BCUT2D eigenvalue weighted by atomic mass is 10.0. The summed E-state index contributed by atoms with van der Waals surface area (Å²) in [7, 11) is 0. The van der Waals surface area contributed by atoms with Gasteiger partial charge in [-0.15, -0.1) is 0 Å². The Balaban J connectivity index is 1.89. The number of nitrogens with zero attached hydrogens (tertiary/aromatic N) is 2. The van der Waals surface area contributed by atoms with Crippen LogP contribution in [0.4, 0.5) is 11.4 Å². The monoisotopic (exact) mass is 462 g/mol. The van der Waals surface area contributed by atoms with Crippen LogP contribution in [-0.4, -0.2) is 23.5 Å². The highest BCUT2D eigenvalue weighted by atomic mass is 35.5. The van der Waals surface area contributed by atoms with Gasteiger partial charge in [-0.25, -0.2) is 0 Å². The molecule has 2 amide bonds. The fraction of sp³-hybridized carbons (Fsp3) is 0.0800. The van der Waals surface area contributed by atoms with E-state index in [-0.39, 0.29) is 10.7 Å². The molecule has 1 aliphatic rings. The molecule has 0 radical (unpaired) electrons. The molecule has 32 heavy (non-hydrogen) atoms. The molecule has 0 saturated carbocycles. The highest BCUT2D eigenvalue weighted by Gasteiger charge is 2.41. The van der Waals surface area contributed by atoms with Crippen LogP contribution in [0.25, 0.3) is 6.08 Å². The molecule has 3 aromatic carbocycles. The minimum atomic E-state index is -0.513. The number of carbonyl (C=O) groups is 2. The third kappa shape index (κ3) is 4.15. The highest BCUT2D eigenvalue weighted by molar-refractivity contribution is 7.81. The van der Waals surface area contributed by atoms with Gasteiger partial charge in [0.2, 0.25) is 0 Å². The Morgan fingerprint density at radius 2 is 1.41 bits per heavy atom. The summed E-state index contributed by atoms with van der Waals surface area (Å²) in [5, 5.41) is 0.553. The SMILES string of the molecule is CCOc1ccc(Cl)cc1C=C1C(=O)N(c2ccccc2)C(=S)N(c2ccccc2)C1=O. The van der Waals surface area contributed by atoms with E-state index in [1.807, 2.05) is 43.3 Å². The Kier molecular flexibility index (Phi) is 6.35. The van der Waals surface area contributed by atoms with Gasteiger partial charge in [0.05, 0.1) is 18.0 Å². The van der Waals surface area contributed by atoms with E-state index in [0.717, 1.165) is 0 Å². The van der Waals surface area contributed by atoms with Crippen LogP contribution in [0.2, 0.25) is 5.02 Å². The van der Waals surface area contributed by atoms with E-state index in [1.165, 1.54) is 15.9 Å². The van der Waals surface area contributed by atoms with Crippen LogP contribution in [0.3, 0.4) is 0 Å². The summed E-state index contributed by atoms with van der Waals surface area (Å²) in [6.07, 6.45) is 1.51. The van der Waals surface area contributed by atoms with Crippen LogP contribution >= 0.6 is 23.8 Å². The molecule has 0 unspecified atom stereocenters. The Morgan fingerprint density at radius 1 is 0.875 bits per heavy atom. The number of ether oxygens (including phenoxy) is 1. The maximum atomic E-state index is 13.5. The maximum absolute atomic E-state index is 13.5. The van der Waals surface area contributed by atoms with Crippen molar-refractivity contribution in [1.82, 2.24) is 0 Å². The number of rotatable bonds is 5. The topological polar surface area (TPSA) is 49.9 Å². The highest BCUT2D eigenvalue weighted by Crippen LogP contribution is 2.32. The quantitative estimate of drug-likeness (QED) is 0.286. The van der Waals surface area contributed by atoms with Crippen molar-refractivity contribution in [3.8, 4) is 5.75 Å². The lowest BCUT2D eigenvalue weighted by molar-refractivity contribution is -0.120. The molecule has 7 heteroatoms. The molecule has 5 nitrogen and oxygen atoms in total. The Hall–Kier alpha value is -3.48. The van der Waals surface area contributed by atoms with E-state index in [2.05, 4.69) is 0 Å². The Bertz CT molecular complexity index is 1150. The summed E-state index contributed by atoms with van der Waals surface area (Å²) in [6.45, 7) is 2.28. The number of amides is 2. The van der Waals surface area contributed by atoms with Crippen LogP contribution in [-0.2, 0) is 9.59 Å². The number of hydrogen-bond acceptors (Lipinski definition) is 4. The molecule has 0 aliphatic carbocycles. The summed E-state index contributed by atoms with van der Waals surface area (Å²) in [5.74, 6) is -0.503. The normalized spacial score (nSPS) is 14.1. The zero-order valence-corrected chi connectivity index (χ0v) is 18.8. The van der Waals surface area contributed by atoms with Crippen LogP contribution in [0.5, 0.6) is 5.75 Å². The number of thiocarbonyl (C=S) groups is 1. The predicted molar refractivity (Wildman–Crippen MR) is 131 cm³/mol. The molecule has 1 saturated heterocycles. The van der Waals surface area contributed by atoms with E-state index in [4.69, 9.17) is 28.6 Å². The minimum Gasteiger partial charge on any atom is -0.493 e. The maximum Gasteiger partial charge on any atom is 0.270 e. The molecule has 1 fully saturated rings. The van der Waals surface area contributed by atoms with Crippen LogP contribution < -0.4 is 14.5 Å². The number of anilines is 2.